The molecular weight excluding hydrogens is 300 g/mol. The van der Waals surface area contributed by atoms with E-state index in [0.29, 0.717) is 6.04 Å². The fourth-order valence-corrected chi connectivity index (χ4v) is 3.45. The third kappa shape index (κ3) is 3.80. The molecule has 3 heteroatoms. The molecule has 0 aromatic heterocycles. The van der Waals surface area contributed by atoms with Crippen molar-refractivity contribution >= 4 is 15.9 Å². The fraction of sp³-hybridized carbons (Fsp3) is 0.625. The van der Waals surface area contributed by atoms with Gasteiger partial charge in [0.2, 0.25) is 0 Å². The van der Waals surface area contributed by atoms with E-state index in [1.165, 1.54) is 35.0 Å². The molecule has 1 fully saturated rings. The minimum atomic E-state index is 0.692. The first-order chi connectivity index (χ1) is 9.11. The molecule has 19 heavy (non-hydrogen) atoms. The number of piperidine rings is 1. The van der Waals surface area contributed by atoms with Gasteiger partial charge in [-0.05, 0) is 56.5 Å². The lowest BCUT2D eigenvalue weighted by atomic mass is 9.91. The maximum atomic E-state index is 3.72. The van der Waals surface area contributed by atoms with E-state index in [1.807, 2.05) is 7.05 Å². The van der Waals surface area contributed by atoms with Crippen molar-refractivity contribution in [2.45, 2.75) is 45.8 Å². The Hall–Kier alpha value is -0.380. The Morgan fingerprint density at radius 3 is 2.84 bits per heavy atom. The van der Waals surface area contributed by atoms with Crippen molar-refractivity contribution in [2.75, 3.05) is 13.6 Å². The quantitative estimate of drug-likeness (QED) is 0.906. The first-order valence-corrected chi connectivity index (χ1v) is 8.07. The van der Waals surface area contributed by atoms with Gasteiger partial charge >= 0.3 is 0 Å². The Morgan fingerprint density at radius 1 is 1.37 bits per heavy atom. The van der Waals surface area contributed by atoms with Crippen molar-refractivity contribution in [3.8, 4) is 0 Å². The van der Waals surface area contributed by atoms with Crippen LogP contribution in [-0.4, -0.2) is 24.5 Å². The zero-order valence-electron chi connectivity index (χ0n) is 12.2. The Labute approximate surface area is 125 Å². The van der Waals surface area contributed by atoms with E-state index >= 15 is 0 Å². The molecule has 106 valence electrons. The third-order valence-corrected chi connectivity index (χ3v) is 5.11. The summed E-state index contributed by atoms with van der Waals surface area (Å²) in [4.78, 5) is 2.62. The normalized spacial score (nSPS) is 24.6. The third-order valence-electron chi connectivity index (χ3n) is 4.38. The highest BCUT2D eigenvalue weighted by atomic mass is 79.9. The van der Waals surface area contributed by atoms with E-state index in [0.717, 1.165) is 19.0 Å². The van der Waals surface area contributed by atoms with Crippen LogP contribution in [-0.2, 0) is 13.1 Å². The number of benzene rings is 1. The minimum Gasteiger partial charge on any atom is -0.316 e. The van der Waals surface area contributed by atoms with E-state index in [-0.39, 0.29) is 0 Å². The first kappa shape index (κ1) is 15.0. The smallest absolute Gasteiger partial charge is 0.0247 e. The largest absolute Gasteiger partial charge is 0.316 e. The Balaban J connectivity index is 2.06. The van der Waals surface area contributed by atoms with Gasteiger partial charge in [0.05, 0.1) is 0 Å². The van der Waals surface area contributed by atoms with Crippen LogP contribution in [0.4, 0.5) is 0 Å². The summed E-state index contributed by atoms with van der Waals surface area (Å²) in [5.74, 6) is 0.816. The Kier molecular flexibility index (Phi) is 5.43. The summed E-state index contributed by atoms with van der Waals surface area (Å²) in [6.45, 7) is 7.97. The van der Waals surface area contributed by atoms with Gasteiger partial charge in [0.15, 0.2) is 0 Å². The molecule has 1 saturated heterocycles. The summed E-state index contributed by atoms with van der Waals surface area (Å²) in [5, 5.41) is 3.19. The molecule has 1 heterocycles. The zero-order chi connectivity index (χ0) is 13.8. The maximum absolute atomic E-state index is 3.72. The standard InChI is InChI=1S/C16H25BrN2/c1-12-5-4-8-19(13(12)2)11-15-7-6-14(10-18-3)9-16(15)17/h6-7,9,12-13,18H,4-5,8,10-11H2,1-3H3. The molecule has 1 aromatic carbocycles. The Morgan fingerprint density at radius 2 is 2.16 bits per heavy atom. The molecule has 0 saturated carbocycles. The van der Waals surface area contributed by atoms with E-state index < -0.39 is 0 Å². The van der Waals surface area contributed by atoms with Crippen LogP contribution in [0.5, 0.6) is 0 Å². The lowest BCUT2D eigenvalue weighted by molar-refractivity contribution is 0.106. The van der Waals surface area contributed by atoms with Gasteiger partial charge < -0.3 is 5.32 Å². The Bertz CT molecular complexity index is 419. The molecule has 2 unspecified atom stereocenters. The number of nitrogens with zero attached hydrogens (tertiary/aromatic N) is 1. The lowest BCUT2D eigenvalue weighted by Crippen LogP contribution is -2.41. The van der Waals surface area contributed by atoms with Gasteiger partial charge in [-0.25, -0.2) is 0 Å². The molecule has 2 nitrogen and oxygen atoms in total. The van der Waals surface area contributed by atoms with Gasteiger partial charge in [0.1, 0.15) is 0 Å². The maximum Gasteiger partial charge on any atom is 0.0247 e. The summed E-state index contributed by atoms with van der Waals surface area (Å²) >= 11 is 3.72. The van der Waals surface area contributed by atoms with Crippen LogP contribution in [0.1, 0.15) is 37.8 Å². The van der Waals surface area contributed by atoms with Crippen molar-refractivity contribution in [1.82, 2.24) is 10.2 Å². The molecule has 0 spiro atoms. The monoisotopic (exact) mass is 324 g/mol. The number of rotatable bonds is 4. The molecule has 2 atom stereocenters. The van der Waals surface area contributed by atoms with Crippen LogP contribution in [0.3, 0.4) is 0 Å². The molecular formula is C16H25BrN2. The van der Waals surface area contributed by atoms with Crippen molar-refractivity contribution in [3.05, 3.63) is 33.8 Å². The highest BCUT2D eigenvalue weighted by Crippen LogP contribution is 2.27. The average molecular weight is 325 g/mol. The summed E-state index contributed by atoms with van der Waals surface area (Å²) in [6.07, 6.45) is 2.71. The van der Waals surface area contributed by atoms with Crippen molar-refractivity contribution in [3.63, 3.8) is 0 Å². The molecule has 1 aliphatic heterocycles. The predicted octanol–water partition coefficient (Wildman–Crippen LogP) is 3.79. The van der Waals surface area contributed by atoms with Gasteiger partial charge in [0.25, 0.3) is 0 Å². The molecule has 0 aliphatic carbocycles. The molecule has 0 amide bonds. The zero-order valence-corrected chi connectivity index (χ0v) is 13.8. The van der Waals surface area contributed by atoms with Gasteiger partial charge in [0, 0.05) is 23.6 Å². The average Bonchev–Trinajstić information content (AvgIpc) is 2.38. The SMILES string of the molecule is CNCc1ccc(CN2CCCC(C)C2C)c(Br)c1. The number of likely N-dealkylation sites (tertiary alicyclic amines) is 1. The molecule has 0 radical (unpaired) electrons. The highest BCUT2D eigenvalue weighted by Gasteiger charge is 2.24. The molecule has 2 rings (SSSR count). The predicted molar refractivity (Wildman–Crippen MR) is 85.2 cm³/mol. The van der Waals surface area contributed by atoms with Gasteiger partial charge in [-0.2, -0.15) is 0 Å². The summed E-state index contributed by atoms with van der Waals surface area (Å²) in [6, 6.07) is 7.43. The number of hydrogen-bond donors (Lipinski definition) is 1. The van der Waals surface area contributed by atoms with Crippen LogP contribution in [0, 0.1) is 5.92 Å². The fourth-order valence-electron chi connectivity index (χ4n) is 2.90. The van der Waals surface area contributed by atoms with Gasteiger partial charge in [-0.1, -0.05) is 35.0 Å². The van der Waals surface area contributed by atoms with E-state index in [1.54, 1.807) is 0 Å². The second-order valence-electron chi connectivity index (χ2n) is 5.79. The van der Waals surface area contributed by atoms with Gasteiger partial charge in [-0.15, -0.1) is 0 Å². The summed E-state index contributed by atoms with van der Waals surface area (Å²) < 4.78 is 1.24. The van der Waals surface area contributed by atoms with E-state index in [9.17, 15) is 0 Å². The van der Waals surface area contributed by atoms with Crippen LogP contribution in [0.2, 0.25) is 0 Å². The first-order valence-electron chi connectivity index (χ1n) is 7.27. The molecule has 0 bridgehead atoms. The van der Waals surface area contributed by atoms with Crippen LogP contribution < -0.4 is 5.32 Å². The van der Waals surface area contributed by atoms with E-state index in [4.69, 9.17) is 0 Å². The highest BCUT2D eigenvalue weighted by molar-refractivity contribution is 9.10. The van der Waals surface area contributed by atoms with Crippen molar-refractivity contribution < 1.29 is 0 Å². The van der Waals surface area contributed by atoms with E-state index in [2.05, 4.69) is 58.2 Å². The summed E-state index contributed by atoms with van der Waals surface area (Å²) in [7, 11) is 1.98. The summed E-state index contributed by atoms with van der Waals surface area (Å²) in [5.41, 5.74) is 2.74. The van der Waals surface area contributed by atoms with Crippen molar-refractivity contribution in [2.24, 2.45) is 5.92 Å². The second kappa shape index (κ2) is 6.87. The second-order valence-corrected chi connectivity index (χ2v) is 6.64. The van der Waals surface area contributed by atoms with Crippen LogP contribution in [0.25, 0.3) is 0 Å². The van der Waals surface area contributed by atoms with Crippen LogP contribution in [0.15, 0.2) is 22.7 Å². The molecule has 1 aliphatic rings. The van der Waals surface area contributed by atoms with Crippen LogP contribution >= 0.6 is 15.9 Å². The number of hydrogen-bond acceptors (Lipinski definition) is 2. The number of nitrogens with one attached hydrogen (secondary N) is 1. The topological polar surface area (TPSA) is 15.3 Å². The number of halogens is 1. The van der Waals surface area contributed by atoms with Crippen molar-refractivity contribution in [1.29, 1.82) is 0 Å². The minimum absolute atomic E-state index is 0.692. The molecule has 1 aromatic rings. The molecule has 1 N–H and O–H groups in total. The van der Waals surface area contributed by atoms with Gasteiger partial charge in [-0.3, -0.25) is 4.90 Å². The lowest BCUT2D eigenvalue weighted by Gasteiger charge is -2.38.